The molecule has 1 fully saturated rings. The van der Waals surface area contributed by atoms with Crippen molar-refractivity contribution in [3.05, 3.63) is 17.2 Å². The second-order valence-corrected chi connectivity index (χ2v) is 5.83. The van der Waals surface area contributed by atoms with Gasteiger partial charge in [-0.2, -0.15) is 0 Å². The number of nitrogens with one attached hydrogen (secondary N) is 1. The van der Waals surface area contributed by atoms with Gasteiger partial charge >= 0.3 is 0 Å². The lowest BCUT2D eigenvalue weighted by atomic mass is 10.0. The smallest absolute Gasteiger partial charge is 0.162 e. The summed E-state index contributed by atoms with van der Waals surface area (Å²) in [7, 11) is 3.26. The summed E-state index contributed by atoms with van der Waals surface area (Å²) in [5, 5.41) is 4.15. The lowest BCUT2D eigenvalue weighted by molar-refractivity contribution is 0.355. The van der Waals surface area contributed by atoms with E-state index >= 15 is 0 Å². The molecule has 0 saturated heterocycles. The van der Waals surface area contributed by atoms with Crippen molar-refractivity contribution in [2.24, 2.45) is 5.92 Å². The van der Waals surface area contributed by atoms with Gasteiger partial charge in [-0.05, 0) is 18.8 Å². The van der Waals surface area contributed by atoms with Gasteiger partial charge in [-0.3, -0.25) is 0 Å². The zero-order valence-corrected chi connectivity index (χ0v) is 13.1. The molecule has 0 aromatic heterocycles. The summed E-state index contributed by atoms with van der Waals surface area (Å²) in [5.74, 6) is 2.12. The van der Waals surface area contributed by atoms with Crippen LogP contribution in [0.1, 0.15) is 38.5 Å². The van der Waals surface area contributed by atoms with E-state index in [0.717, 1.165) is 18.2 Å². The van der Waals surface area contributed by atoms with E-state index in [1.54, 1.807) is 20.3 Å². The number of halogens is 1. The fraction of sp³-hybridized carbons (Fsp3) is 0.625. The van der Waals surface area contributed by atoms with Crippen molar-refractivity contribution in [3.8, 4) is 11.5 Å². The Kier molecular flexibility index (Phi) is 5.84. The van der Waals surface area contributed by atoms with Crippen LogP contribution >= 0.6 is 11.6 Å². The van der Waals surface area contributed by atoms with E-state index in [1.807, 2.05) is 6.07 Å². The number of rotatable bonds is 5. The summed E-state index contributed by atoms with van der Waals surface area (Å²) in [6.07, 6.45) is 8.11. The molecule has 0 heterocycles. The van der Waals surface area contributed by atoms with Gasteiger partial charge in [-0.15, -0.1) is 0 Å². The van der Waals surface area contributed by atoms with E-state index < -0.39 is 0 Å². The largest absolute Gasteiger partial charge is 0.493 e. The van der Waals surface area contributed by atoms with E-state index in [9.17, 15) is 0 Å². The predicted octanol–water partition coefficient (Wildman–Crippen LogP) is 4.74. The molecule has 0 radical (unpaired) electrons. The maximum absolute atomic E-state index is 6.29. The fourth-order valence-corrected chi connectivity index (χ4v) is 3.03. The van der Waals surface area contributed by atoms with Gasteiger partial charge in [-0.25, -0.2) is 0 Å². The summed E-state index contributed by atoms with van der Waals surface area (Å²) in [6, 6.07) is 3.72. The molecule has 1 N–H and O–H groups in total. The van der Waals surface area contributed by atoms with Crippen molar-refractivity contribution in [3.63, 3.8) is 0 Å². The van der Waals surface area contributed by atoms with E-state index in [-0.39, 0.29) is 0 Å². The Morgan fingerprint density at radius 3 is 2.25 bits per heavy atom. The minimum atomic E-state index is 0.664. The first-order chi connectivity index (χ1) is 9.74. The molecule has 1 aliphatic carbocycles. The lowest BCUT2D eigenvalue weighted by Crippen LogP contribution is -2.14. The normalized spacial score (nSPS) is 16.6. The van der Waals surface area contributed by atoms with Gasteiger partial charge in [-0.1, -0.05) is 37.3 Å². The van der Waals surface area contributed by atoms with Crippen LogP contribution in [0.4, 0.5) is 5.69 Å². The Hall–Kier alpha value is -1.09. The molecule has 0 aliphatic heterocycles. The van der Waals surface area contributed by atoms with Gasteiger partial charge in [0.25, 0.3) is 0 Å². The number of benzene rings is 1. The second kappa shape index (κ2) is 7.63. The lowest BCUT2D eigenvalue weighted by Gasteiger charge is -2.18. The van der Waals surface area contributed by atoms with E-state index in [4.69, 9.17) is 21.1 Å². The van der Waals surface area contributed by atoms with Gasteiger partial charge in [0.2, 0.25) is 0 Å². The average molecular weight is 298 g/mol. The van der Waals surface area contributed by atoms with Gasteiger partial charge < -0.3 is 14.8 Å². The van der Waals surface area contributed by atoms with Gasteiger partial charge in [0, 0.05) is 18.7 Å². The molecule has 0 spiro atoms. The summed E-state index contributed by atoms with van der Waals surface area (Å²) in [6.45, 7) is 0.981. The van der Waals surface area contributed by atoms with Crippen LogP contribution in [0.5, 0.6) is 11.5 Å². The molecule has 0 unspecified atom stereocenters. The minimum Gasteiger partial charge on any atom is -0.493 e. The summed E-state index contributed by atoms with van der Waals surface area (Å²) in [4.78, 5) is 0. The molecule has 1 aromatic carbocycles. The first-order valence-electron chi connectivity index (χ1n) is 7.40. The summed E-state index contributed by atoms with van der Waals surface area (Å²) in [5.41, 5.74) is 0.925. The summed E-state index contributed by atoms with van der Waals surface area (Å²) >= 11 is 6.29. The van der Waals surface area contributed by atoms with Crippen LogP contribution < -0.4 is 14.8 Å². The van der Waals surface area contributed by atoms with E-state index in [1.165, 1.54) is 38.5 Å². The standard InChI is InChI=1S/C16H24ClNO2/c1-19-15-9-13(17)14(10-16(15)20-2)18-11-12-7-5-3-4-6-8-12/h9-10,12,18H,3-8,11H2,1-2H3. The Morgan fingerprint density at radius 2 is 1.65 bits per heavy atom. The molecule has 2 rings (SSSR count). The molecule has 1 saturated carbocycles. The molecule has 1 aliphatic rings. The molecule has 4 heteroatoms. The van der Waals surface area contributed by atoms with Crippen LogP contribution in [0.2, 0.25) is 5.02 Å². The third-order valence-corrected chi connectivity index (χ3v) is 4.34. The first-order valence-corrected chi connectivity index (χ1v) is 7.77. The van der Waals surface area contributed by atoms with Crippen molar-refractivity contribution < 1.29 is 9.47 Å². The Morgan fingerprint density at radius 1 is 1.05 bits per heavy atom. The molecule has 1 aromatic rings. The maximum atomic E-state index is 6.29. The van der Waals surface area contributed by atoms with E-state index in [2.05, 4.69) is 5.32 Å². The predicted molar refractivity (Wildman–Crippen MR) is 84.2 cm³/mol. The third kappa shape index (κ3) is 3.95. The van der Waals surface area contributed by atoms with Crippen molar-refractivity contribution in [2.45, 2.75) is 38.5 Å². The van der Waals surface area contributed by atoms with Gasteiger partial charge in [0.1, 0.15) is 0 Å². The van der Waals surface area contributed by atoms with Crippen molar-refractivity contribution in [1.82, 2.24) is 0 Å². The number of methoxy groups -OCH3 is 2. The fourth-order valence-electron chi connectivity index (χ4n) is 2.81. The molecule has 0 amide bonds. The summed E-state index contributed by atoms with van der Waals surface area (Å²) < 4.78 is 10.6. The Balaban J connectivity index is 2.01. The number of anilines is 1. The van der Waals surface area contributed by atoms with Crippen LogP contribution in [-0.4, -0.2) is 20.8 Å². The van der Waals surface area contributed by atoms with Crippen LogP contribution in [0.3, 0.4) is 0 Å². The molecule has 0 bridgehead atoms. The maximum Gasteiger partial charge on any atom is 0.162 e. The van der Waals surface area contributed by atoms with Crippen molar-refractivity contribution >= 4 is 17.3 Å². The van der Waals surface area contributed by atoms with Crippen LogP contribution in [0.25, 0.3) is 0 Å². The first kappa shape index (κ1) is 15.3. The Labute approximate surface area is 126 Å². The molecule has 20 heavy (non-hydrogen) atoms. The molecule has 0 atom stereocenters. The van der Waals surface area contributed by atoms with Gasteiger partial charge in [0.15, 0.2) is 11.5 Å². The highest BCUT2D eigenvalue weighted by Gasteiger charge is 2.14. The van der Waals surface area contributed by atoms with Crippen LogP contribution in [-0.2, 0) is 0 Å². The number of hydrogen-bond acceptors (Lipinski definition) is 3. The van der Waals surface area contributed by atoms with E-state index in [0.29, 0.717) is 16.5 Å². The minimum absolute atomic E-state index is 0.664. The van der Waals surface area contributed by atoms with Crippen molar-refractivity contribution in [2.75, 3.05) is 26.1 Å². The second-order valence-electron chi connectivity index (χ2n) is 5.43. The molecule has 3 nitrogen and oxygen atoms in total. The molecule has 112 valence electrons. The average Bonchev–Trinajstić information content (AvgIpc) is 2.74. The highest BCUT2D eigenvalue weighted by atomic mass is 35.5. The molecular formula is C16H24ClNO2. The van der Waals surface area contributed by atoms with Crippen LogP contribution in [0.15, 0.2) is 12.1 Å². The van der Waals surface area contributed by atoms with Crippen LogP contribution in [0, 0.1) is 5.92 Å². The molecular weight excluding hydrogens is 274 g/mol. The third-order valence-electron chi connectivity index (χ3n) is 4.03. The highest BCUT2D eigenvalue weighted by Crippen LogP contribution is 2.36. The SMILES string of the molecule is COc1cc(Cl)c(NCC2CCCCCC2)cc1OC. The topological polar surface area (TPSA) is 30.5 Å². The zero-order chi connectivity index (χ0) is 14.4. The number of ether oxygens (including phenoxy) is 2. The van der Waals surface area contributed by atoms with Crippen molar-refractivity contribution in [1.29, 1.82) is 0 Å². The monoisotopic (exact) mass is 297 g/mol. The number of hydrogen-bond donors (Lipinski definition) is 1. The quantitative estimate of drug-likeness (QED) is 0.796. The highest BCUT2D eigenvalue weighted by molar-refractivity contribution is 6.33. The Bertz CT molecular complexity index is 429. The zero-order valence-electron chi connectivity index (χ0n) is 12.4. The van der Waals surface area contributed by atoms with Gasteiger partial charge in [0.05, 0.1) is 24.9 Å².